The standard InChI is InChI=1S/C20H23N3O4/c24-13-14-6-8-23(9-7-14)12-15-2-1-3-17(10-15)22-19(25)16-4-5-18(20(26)27)21-11-16/h1-5,10-11,14,24H,6-9,12-13H2,(H,22,25)(H,26,27). The van der Waals surface area contributed by atoms with Gasteiger partial charge in [0.2, 0.25) is 0 Å². The Morgan fingerprint density at radius 3 is 2.59 bits per heavy atom. The number of carboxylic acid groups (broad SMARTS) is 1. The van der Waals surface area contributed by atoms with E-state index in [1.165, 1.54) is 18.3 Å². The lowest BCUT2D eigenvalue weighted by Gasteiger charge is -2.31. The summed E-state index contributed by atoms with van der Waals surface area (Å²) in [4.78, 5) is 29.3. The highest BCUT2D eigenvalue weighted by atomic mass is 16.4. The monoisotopic (exact) mass is 369 g/mol. The highest BCUT2D eigenvalue weighted by Crippen LogP contribution is 2.20. The zero-order valence-corrected chi connectivity index (χ0v) is 15.0. The van der Waals surface area contributed by atoms with Gasteiger partial charge in [0.25, 0.3) is 5.91 Å². The van der Waals surface area contributed by atoms with Gasteiger partial charge in [0.15, 0.2) is 0 Å². The van der Waals surface area contributed by atoms with Crippen LogP contribution in [-0.2, 0) is 6.54 Å². The minimum absolute atomic E-state index is 0.0986. The number of carbonyl (C=O) groups excluding carboxylic acids is 1. The molecule has 1 aliphatic heterocycles. The maximum Gasteiger partial charge on any atom is 0.354 e. The maximum atomic E-state index is 12.3. The molecule has 0 unspecified atom stereocenters. The molecule has 1 aromatic carbocycles. The Kier molecular flexibility index (Phi) is 6.16. The molecular weight excluding hydrogens is 346 g/mol. The van der Waals surface area contributed by atoms with E-state index >= 15 is 0 Å². The van der Waals surface area contributed by atoms with Crippen LogP contribution >= 0.6 is 0 Å². The van der Waals surface area contributed by atoms with Gasteiger partial charge in [-0.3, -0.25) is 9.69 Å². The van der Waals surface area contributed by atoms with E-state index < -0.39 is 5.97 Å². The average molecular weight is 369 g/mol. The van der Waals surface area contributed by atoms with Gasteiger partial charge in [-0.15, -0.1) is 0 Å². The van der Waals surface area contributed by atoms with Crippen molar-refractivity contribution in [3.63, 3.8) is 0 Å². The van der Waals surface area contributed by atoms with Gasteiger partial charge in [0, 0.05) is 25.0 Å². The first kappa shape index (κ1) is 19.0. The molecule has 1 amide bonds. The Bertz CT molecular complexity index is 799. The summed E-state index contributed by atoms with van der Waals surface area (Å²) in [5.41, 5.74) is 2.00. The molecule has 0 atom stereocenters. The maximum absolute atomic E-state index is 12.3. The summed E-state index contributed by atoms with van der Waals surface area (Å²) in [5.74, 6) is -1.05. The van der Waals surface area contributed by atoms with Crippen molar-refractivity contribution in [3.8, 4) is 0 Å². The minimum atomic E-state index is -1.13. The lowest BCUT2D eigenvalue weighted by atomic mass is 9.97. The first-order chi connectivity index (χ1) is 13.0. The number of piperidine rings is 1. The topological polar surface area (TPSA) is 103 Å². The van der Waals surface area contributed by atoms with E-state index in [-0.39, 0.29) is 18.2 Å². The molecule has 2 aromatic rings. The van der Waals surface area contributed by atoms with E-state index in [9.17, 15) is 14.7 Å². The van der Waals surface area contributed by atoms with Gasteiger partial charge in [0.1, 0.15) is 5.69 Å². The number of likely N-dealkylation sites (tertiary alicyclic amines) is 1. The third-order valence-corrected chi connectivity index (χ3v) is 4.80. The third-order valence-electron chi connectivity index (χ3n) is 4.80. The number of pyridine rings is 1. The van der Waals surface area contributed by atoms with E-state index in [1.54, 1.807) is 0 Å². The number of aliphatic hydroxyl groups excluding tert-OH is 1. The highest BCUT2D eigenvalue weighted by molar-refractivity contribution is 6.04. The van der Waals surface area contributed by atoms with Gasteiger partial charge in [-0.05, 0) is 61.7 Å². The van der Waals surface area contributed by atoms with Crippen molar-refractivity contribution < 1.29 is 19.8 Å². The lowest BCUT2D eigenvalue weighted by molar-refractivity contribution is 0.0690. The SMILES string of the molecule is O=C(Nc1cccc(CN2CCC(CO)CC2)c1)c1ccc(C(=O)O)nc1. The van der Waals surface area contributed by atoms with Gasteiger partial charge < -0.3 is 15.5 Å². The molecule has 7 nitrogen and oxygen atoms in total. The molecule has 7 heteroatoms. The molecule has 27 heavy (non-hydrogen) atoms. The molecule has 1 aliphatic rings. The zero-order chi connectivity index (χ0) is 19.2. The number of aromatic carboxylic acids is 1. The lowest BCUT2D eigenvalue weighted by Crippen LogP contribution is -2.34. The van der Waals surface area contributed by atoms with Crippen molar-refractivity contribution in [2.75, 3.05) is 25.0 Å². The average Bonchev–Trinajstić information content (AvgIpc) is 2.69. The molecule has 3 N–H and O–H groups in total. The van der Waals surface area contributed by atoms with Crippen LogP contribution in [0.25, 0.3) is 0 Å². The second kappa shape index (κ2) is 8.75. The predicted octanol–water partition coefficient (Wildman–Crippen LogP) is 2.24. The number of rotatable bonds is 6. The van der Waals surface area contributed by atoms with Crippen LogP contribution in [0.2, 0.25) is 0 Å². The molecule has 0 bridgehead atoms. The number of benzene rings is 1. The number of hydrogen-bond acceptors (Lipinski definition) is 5. The molecule has 0 saturated carbocycles. The van der Waals surface area contributed by atoms with Crippen molar-refractivity contribution in [1.29, 1.82) is 0 Å². The summed E-state index contributed by atoms with van der Waals surface area (Å²) in [7, 11) is 0. The zero-order valence-electron chi connectivity index (χ0n) is 15.0. The summed E-state index contributed by atoms with van der Waals surface area (Å²) in [6.45, 7) is 2.99. The Balaban J connectivity index is 1.60. The van der Waals surface area contributed by atoms with Gasteiger partial charge in [0.05, 0.1) is 5.56 Å². The first-order valence-corrected chi connectivity index (χ1v) is 8.98. The Labute approximate surface area is 157 Å². The summed E-state index contributed by atoms with van der Waals surface area (Å²) in [6, 6.07) is 10.4. The molecule has 0 aliphatic carbocycles. The van der Waals surface area contributed by atoms with Crippen molar-refractivity contribution in [3.05, 3.63) is 59.4 Å². The number of nitrogens with zero attached hydrogens (tertiary/aromatic N) is 2. The molecule has 0 radical (unpaired) electrons. The van der Waals surface area contributed by atoms with Crippen LogP contribution in [0.3, 0.4) is 0 Å². The number of amides is 1. The number of aliphatic hydroxyl groups is 1. The molecule has 0 spiro atoms. The minimum Gasteiger partial charge on any atom is -0.477 e. The predicted molar refractivity (Wildman–Crippen MR) is 101 cm³/mol. The van der Waals surface area contributed by atoms with Crippen LogP contribution in [0.5, 0.6) is 0 Å². The van der Waals surface area contributed by atoms with Gasteiger partial charge in [-0.1, -0.05) is 12.1 Å². The second-order valence-electron chi connectivity index (χ2n) is 6.79. The fourth-order valence-corrected chi connectivity index (χ4v) is 3.19. The van der Waals surface area contributed by atoms with Crippen molar-refractivity contribution in [2.45, 2.75) is 19.4 Å². The summed E-state index contributed by atoms with van der Waals surface area (Å²) in [5, 5.41) is 20.9. The summed E-state index contributed by atoms with van der Waals surface area (Å²) >= 11 is 0. The van der Waals surface area contributed by atoms with E-state index in [0.29, 0.717) is 17.2 Å². The van der Waals surface area contributed by atoms with Crippen LogP contribution in [-0.4, -0.2) is 51.7 Å². The summed E-state index contributed by atoms with van der Waals surface area (Å²) < 4.78 is 0. The van der Waals surface area contributed by atoms with Gasteiger partial charge in [-0.25, -0.2) is 9.78 Å². The molecule has 142 valence electrons. The Morgan fingerprint density at radius 1 is 1.19 bits per heavy atom. The van der Waals surface area contributed by atoms with E-state index in [4.69, 9.17) is 5.11 Å². The number of carboxylic acids is 1. The van der Waals surface area contributed by atoms with Crippen LogP contribution in [0.1, 0.15) is 39.3 Å². The van der Waals surface area contributed by atoms with Gasteiger partial charge >= 0.3 is 5.97 Å². The highest BCUT2D eigenvalue weighted by Gasteiger charge is 2.18. The molecule has 1 fully saturated rings. The van der Waals surface area contributed by atoms with Crippen molar-refractivity contribution in [2.24, 2.45) is 5.92 Å². The van der Waals surface area contributed by atoms with Crippen LogP contribution in [0.4, 0.5) is 5.69 Å². The molecule has 2 heterocycles. The third kappa shape index (κ3) is 5.12. The number of nitrogens with one attached hydrogen (secondary N) is 1. The van der Waals surface area contributed by atoms with Gasteiger partial charge in [-0.2, -0.15) is 0 Å². The number of aromatic nitrogens is 1. The van der Waals surface area contributed by atoms with E-state index in [1.807, 2.05) is 24.3 Å². The van der Waals surface area contributed by atoms with Crippen molar-refractivity contribution >= 4 is 17.6 Å². The van der Waals surface area contributed by atoms with E-state index in [2.05, 4.69) is 15.2 Å². The second-order valence-corrected chi connectivity index (χ2v) is 6.79. The fraction of sp³-hybridized carbons (Fsp3) is 0.350. The van der Waals surface area contributed by atoms with Crippen LogP contribution in [0, 0.1) is 5.92 Å². The quantitative estimate of drug-likeness (QED) is 0.722. The molecule has 3 rings (SSSR count). The van der Waals surface area contributed by atoms with Crippen LogP contribution < -0.4 is 5.32 Å². The van der Waals surface area contributed by atoms with Crippen LogP contribution in [0.15, 0.2) is 42.6 Å². The number of carbonyl (C=O) groups is 2. The summed E-state index contributed by atoms with van der Waals surface area (Å²) in [6.07, 6.45) is 3.27. The molecular formula is C20H23N3O4. The molecule has 1 aromatic heterocycles. The number of anilines is 1. The van der Waals surface area contributed by atoms with Crippen molar-refractivity contribution in [1.82, 2.24) is 9.88 Å². The largest absolute Gasteiger partial charge is 0.477 e. The first-order valence-electron chi connectivity index (χ1n) is 8.98. The molecule has 1 saturated heterocycles. The number of hydrogen-bond donors (Lipinski definition) is 3. The fourth-order valence-electron chi connectivity index (χ4n) is 3.19. The Hall–Kier alpha value is -2.77. The normalized spacial score (nSPS) is 15.4. The Morgan fingerprint density at radius 2 is 1.96 bits per heavy atom. The van der Waals surface area contributed by atoms with E-state index in [0.717, 1.165) is 38.0 Å². The smallest absolute Gasteiger partial charge is 0.354 e.